The summed E-state index contributed by atoms with van der Waals surface area (Å²) in [7, 11) is 0. The second-order valence-corrected chi connectivity index (χ2v) is 20.0. The summed E-state index contributed by atoms with van der Waals surface area (Å²) in [5.41, 5.74) is 12.4. The molecule has 0 aliphatic rings. The largest absolute Gasteiger partial charge is 0.135 e. The molecule has 0 aliphatic heterocycles. The van der Waals surface area contributed by atoms with Crippen molar-refractivity contribution >= 4 is 87.3 Å². The van der Waals surface area contributed by atoms with Crippen molar-refractivity contribution in [3.05, 3.63) is 243 Å². The van der Waals surface area contributed by atoms with E-state index >= 15 is 0 Å². The van der Waals surface area contributed by atoms with Crippen LogP contribution >= 0.6 is 22.7 Å². The first kappa shape index (κ1) is 39.1. The van der Waals surface area contributed by atoms with Gasteiger partial charge in [0.2, 0.25) is 0 Å². The molecule has 68 heavy (non-hydrogen) atoms. The van der Waals surface area contributed by atoms with Crippen LogP contribution in [0.25, 0.3) is 140 Å². The summed E-state index contributed by atoms with van der Waals surface area (Å²) in [6.45, 7) is 0. The Hall–Kier alpha value is -8.14. The van der Waals surface area contributed by atoms with Gasteiger partial charge in [0.05, 0.1) is 0 Å². The van der Waals surface area contributed by atoms with E-state index in [9.17, 15) is 0 Å². The molecule has 0 radical (unpaired) electrons. The van der Waals surface area contributed by atoms with E-state index in [0.717, 1.165) is 0 Å². The minimum absolute atomic E-state index is 1.21. The van der Waals surface area contributed by atoms with Crippen LogP contribution in [0.4, 0.5) is 0 Å². The van der Waals surface area contributed by atoms with Crippen LogP contribution in [0.5, 0.6) is 0 Å². The Bertz CT molecular complexity index is 4200. The molecule has 0 N–H and O–H groups in total. The van der Waals surface area contributed by atoms with E-state index < -0.39 is 0 Å². The molecular weight excluding hydrogens is 857 g/mol. The summed E-state index contributed by atoms with van der Waals surface area (Å²) >= 11 is 3.71. The van der Waals surface area contributed by atoms with Gasteiger partial charge < -0.3 is 0 Å². The van der Waals surface area contributed by atoms with Crippen LogP contribution in [0, 0.1) is 0 Å². The molecule has 0 saturated heterocycles. The fourth-order valence-corrected chi connectivity index (χ4v) is 13.0. The highest BCUT2D eigenvalue weighted by Gasteiger charge is 2.21. The van der Waals surface area contributed by atoms with Crippen LogP contribution in [0.1, 0.15) is 0 Å². The molecule has 0 amide bonds. The highest BCUT2D eigenvalue weighted by atomic mass is 32.1. The predicted molar refractivity (Wildman–Crippen MR) is 296 cm³/mol. The minimum Gasteiger partial charge on any atom is -0.135 e. The van der Waals surface area contributed by atoms with E-state index in [1.54, 1.807) is 0 Å². The second-order valence-electron chi connectivity index (χ2n) is 17.9. The normalized spacial score (nSPS) is 11.8. The Labute approximate surface area is 402 Å². The first-order chi connectivity index (χ1) is 33.7. The zero-order chi connectivity index (χ0) is 44.7. The Balaban J connectivity index is 1.01. The molecule has 0 aliphatic carbocycles. The third-order valence-corrected chi connectivity index (χ3v) is 16.4. The van der Waals surface area contributed by atoms with Crippen LogP contribution in [-0.4, -0.2) is 0 Å². The van der Waals surface area contributed by atoms with E-state index in [-0.39, 0.29) is 0 Å². The van der Waals surface area contributed by atoms with Gasteiger partial charge in [0, 0.05) is 19.5 Å². The molecule has 0 spiro atoms. The molecule has 0 saturated carbocycles. The van der Waals surface area contributed by atoms with Gasteiger partial charge in [0.25, 0.3) is 0 Å². The van der Waals surface area contributed by atoms with Gasteiger partial charge in [-0.25, -0.2) is 0 Å². The zero-order valence-corrected chi connectivity index (χ0v) is 38.5. The Kier molecular flexibility index (Phi) is 9.05. The molecule has 2 aromatic heterocycles. The van der Waals surface area contributed by atoms with Crippen molar-refractivity contribution in [2.75, 3.05) is 0 Å². The van der Waals surface area contributed by atoms with Crippen LogP contribution < -0.4 is 0 Å². The third-order valence-electron chi connectivity index (χ3n) is 14.1. The lowest BCUT2D eigenvalue weighted by Crippen LogP contribution is -1.93. The Morgan fingerprint density at radius 1 is 0.206 bits per heavy atom. The van der Waals surface area contributed by atoms with Crippen LogP contribution in [0.2, 0.25) is 0 Å². The molecular formula is C66H40S2. The number of hydrogen-bond donors (Lipinski definition) is 0. The van der Waals surface area contributed by atoms with Crippen molar-refractivity contribution in [3.63, 3.8) is 0 Å². The molecule has 0 atom stereocenters. The number of hydrogen-bond acceptors (Lipinski definition) is 2. The lowest BCUT2D eigenvalue weighted by atomic mass is 9.83. The van der Waals surface area contributed by atoms with E-state index in [0.29, 0.717) is 0 Å². The summed E-state index contributed by atoms with van der Waals surface area (Å²) in [6.07, 6.45) is 0. The average molecular weight is 897 g/mol. The number of thiophene rings is 2. The standard InChI is InChI=1S/C66H40S2/c1-3-14-41(15-4-1)59-34-36-61(67-59)45-20-9-22-47(38-45)64-51-24-7-8-25-52(51)65(48-23-10-21-46(39-48)62-37-35-60(68-62)42-16-5-2-6-17-42)58-40-44(30-31-57(58)64)49-32-33-56-54-27-12-19-43-18-11-26-53(63(43)54)55-29-13-28-50(49)66(55)56/h1-40H. The van der Waals surface area contributed by atoms with Crippen LogP contribution in [0.3, 0.4) is 0 Å². The maximum absolute atomic E-state index is 2.49. The van der Waals surface area contributed by atoms with Gasteiger partial charge in [0.15, 0.2) is 0 Å². The summed E-state index contributed by atoms with van der Waals surface area (Å²) in [5, 5.41) is 15.5. The topological polar surface area (TPSA) is 0 Å². The number of rotatable bonds is 7. The van der Waals surface area contributed by atoms with E-state index in [4.69, 9.17) is 0 Å². The molecule has 14 aromatic rings. The highest BCUT2D eigenvalue weighted by Crippen LogP contribution is 2.49. The summed E-state index contributed by atoms with van der Waals surface area (Å²) < 4.78 is 0. The molecule has 316 valence electrons. The first-order valence-electron chi connectivity index (χ1n) is 23.3. The van der Waals surface area contributed by atoms with Crippen LogP contribution in [-0.2, 0) is 0 Å². The Morgan fingerprint density at radius 2 is 0.603 bits per heavy atom. The molecule has 2 heterocycles. The summed E-state index contributed by atoms with van der Waals surface area (Å²) in [4.78, 5) is 5.08. The highest BCUT2D eigenvalue weighted by molar-refractivity contribution is 7.19. The minimum atomic E-state index is 1.21. The molecule has 2 heteroatoms. The van der Waals surface area contributed by atoms with Gasteiger partial charge in [-0.2, -0.15) is 0 Å². The maximum atomic E-state index is 2.49. The van der Waals surface area contributed by atoms with Crippen molar-refractivity contribution in [2.45, 2.75) is 0 Å². The molecule has 12 aromatic carbocycles. The van der Waals surface area contributed by atoms with E-state index in [1.165, 1.54) is 140 Å². The van der Waals surface area contributed by atoms with Gasteiger partial charge in [-0.1, -0.05) is 200 Å². The van der Waals surface area contributed by atoms with Gasteiger partial charge in [0.1, 0.15) is 0 Å². The molecule has 0 fully saturated rings. The van der Waals surface area contributed by atoms with E-state index in [1.807, 2.05) is 22.7 Å². The van der Waals surface area contributed by atoms with Gasteiger partial charge in [-0.05, 0) is 163 Å². The SMILES string of the molecule is c1ccc(-c2ccc(-c3cccc(-c4c5ccccc5c(-c5cccc(-c6ccc(-c7ccccc7)s6)c5)c5cc(-c6ccc7c8cccc9cccc(c%10cccc6c%107)c98)ccc45)c3)s2)cc1. The van der Waals surface area contributed by atoms with Crippen molar-refractivity contribution in [1.29, 1.82) is 0 Å². The van der Waals surface area contributed by atoms with Crippen molar-refractivity contribution < 1.29 is 0 Å². The fourth-order valence-electron chi connectivity index (χ4n) is 11.0. The smallest absolute Gasteiger partial charge is 0.0349 e. The first-order valence-corrected chi connectivity index (χ1v) is 24.9. The number of benzene rings is 12. The van der Waals surface area contributed by atoms with Gasteiger partial charge >= 0.3 is 0 Å². The molecule has 0 nitrogen and oxygen atoms in total. The average Bonchev–Trinajstić information content (AvgIpc) is 4.12. The van der Waals surface area contributed by atoms with Gasteiger partial charge in [-0.3, -0.25) is 0 Å². The monoisotopic (exact) mass is 896 g/mol. The predicted octanol–water partition coefficient (Wildman–Crippen LogP) is 19.8. The fraction of sp³-hybridized carbons (Fsp3) is 0. The van der Waals surface area contributed by atoms with Crippen molar-refractivity contribution in [1.82, 2.24) is 0 Å². The van der Waals surface area contributed by atoms with Gasteiger partial charge in [-0.15, -0.1) is 22.7 Å². The molecule has 0 unspecified atom stereocenters. The van der Waals surface area contributed by atoms with Crippen LogP contribution in [0.15, 0.2) is 243 Å². The summed E-state index contributed by atoms with van der Waals surface area (Å²) in [6, 6.07) is 90.4. The quantitative estimate of drug-likeness (QED) is 0.110. The maximum Gasteiger partial charge on any atom is 0.0349 e. The Morgan fingerprint density at radius 3 is 1.19 bits per heavy atom. The molecule has 14 rings (SSSR count). The van der Waals surface area contributed by atoms with Crippen molar-refractivity contribution in [2.24, 2.45) is 0 Å². The lowest BCUT2D eigenvalue weighted by Gasteiger charge is -2.20. The second kappa shape index (κ2) is 15.7. The number of fused-ring (bicyclic) bond motifs is 4. The van der Waals surface area contributed by atoms with E-state index in [2.05, 4.69) is 243 Å². The zero-order valence-electron chi connectivity index (χ0n) is 36.9. The lowest BCUT2D eigenvalue weighted by molar-refractivity contribution is 1.64. The molecule has 0 bridgehead atoms. The van der Waals surface area contributed by atoms with Crippen molar-refractivity contribution in [3.8, 4) is 75.1 Å². The summed E-state index contributed by atoms with van der Waals surface area (Å²) in [5.74, 6) is 0. The third kappa shape index (κ3) is 6.26.